The van der Waals surface area contributed by atoms with E-state index in [0.29, 0.717) is 41.5 Å². The van der Waals surface area contributed by atoms with Gasteiger partial charge in [0.05, 0.1) is 10.7 Å². The van der Waals surface area contributed by atoms with E-state index in [1.807, 2.05) is 0 Å². The molecule has 27 heavy (non-hydrogen) atoms. The summed E-state index contributed by atoms with van der Waals surface area (Å²) in [5, 5.41) is 5.93. The van der Waals surface area contributed by atoms with Crippen LogP contribution in [0.2, 0.25) is 5.02 Å². The molecule has 7 heteroatoms. The van der Waals surface area contributed by atoms with Gasteiger partial charge in [-0.05, 0) is 42.3 Å². The molecule has 0 radical (unpaired) electrons. The lowest BCUT2D eigenvalue weighted by molar-refractivity contribution is -0.119. The monoisotopic (exact) mass is 385 g/mol. The minimum atomic E-state index is -0.262. The second-order valence-corrected chi connectivity index (χ2v) is 6.78. The highest BCUT2D eigenvalue weighted by Crippen LogP contribution is 2.31. The number of nitrogens with zero attached hydrogens (tertiary/aromatic N) is 1. The number of hydrogen-bond acceptors (Lipinski definition) is 3. The SMILES string of the molecule is CC(=O)NCc1ccc(C(=O)Nc2ccc(N3CCCC3=O)c(Cl)c2)cc1. The number of carbonyl (C=O) groups is 3. The van der Waals surface area contributed by atoms with Gasteiger partial charge in [-0.1, -0.05) is 23.7 Å². The van der Waals surface area contributed by atoms with Gasteiger partial charge in [-0.25, -0.2) is 0 Å². The number of hydrogen-bond donors (Lipinski definition) is 2. The molecule has 0 aromatic heterocycles. The fourth-order valence-corrected chi connectivity index (χ4v) is 3.19. The van der Waals surface area contributed by atoms with Crippen LogP contribution in [0, 0.1) is 0 Å². The van der Waals surface area contributed by atoms with Crippen LogP contribution in [0.1, 0.15) is 35.7 Å². The molecule has 140 valence electrons. The van der Waals surface area contributed by atoms with E-state index in [9.17, 15) is 14.4 Å². The second kappa shape index (κ2) is 8.22. The van der Waals surface area contributed by atoms with E-state index < -0.39 is 0 Å². The summed E-state index contributed by atoms with van der Waals surface area (Å²) in [6, 6.07) is 12.1. The number of benzene rings is 2. The Hall–Kier alpha value is -2.86. The van der Waals surface area contributed by atoms with Crippen LogP contribution in [0.15, 0.2) is 42.5 Å². The van der Waals surface area contributed by atoms with Crippen molar-refractivity contribution in [3.63, 3.8) is 0 Å². The van der Waals surface area contributed by atoms with Gasteiger partial charge in [0.25, 0.3) is 5.91 Å². The Morgan fingerprint density at radius 3 is 2.48 bits per heavy atom. The smallest absolute Gasteiger partial charge is 0.255 e. The quantitative estimate of drug-likeness (QED) is 0.828. The largest absolute Gasteiger partial charge is 0.352 e. The van der Waals surface area contributed by atoms with Crippen LogP contribution in [-0.2, 0) is 16.1 Å². The predicted molar refractivity (Wildman–Crippen MR) is 105 cm³/mol. The summed E-state index contributed by atoms with van der Waals surface area (Å²) in [7, 11) is 0. The fraction of sp³-hybridized carbons (Fsp3) is 0.250. The summed E-state index contributed by atoms with van der Waals surface area (Å²) in [6.07, 6.45) is 1.36. The number of rotatable bonds is 5. The maximum Gasteiger partial charge on any atom is 0.255 e. The summed E-state index contributed by atoms with van der Waals surface area (Å²) >= 11 is 6.31. The van der Waals surface area contributed by atoms with Crippen molar-refractivity contribution in [3.8, 4) is 0 Å². The van der Waals surface area contributed by atoms with Crippen molar-refractivity contribution in [2.45, 2.75) is 26.3 Å². The number of anilines is 2. The van der Waals surface area contributed by atoms with Crippen molar-refractivity contribution < 1.29 is 14.4 Å². The van der Waals surface area contributed by atoms with Gasteiger partial charge in [0, 0.05) is 37.7 Å². The molecule has 2 N–H and O–H groups in total. The van der Waals surface area contributed by atoms with Crippen molar-refractivity contribution in [1.82, 2.24) is 5.32 Å². The lowest BCUT2D eigenvalue weighted by atomic mass is 10.1. The van der Waals surface area contributed by atoms with Crippen LogP contribution in [0.3, 0.4) is 0 Å². The van der Waals surface area contributed by atoms with Crippen LogP contribution in [0.25, 0.3) is 0 Å². The minimum Gasteiger partial charge on any atom is -0.352 e. The van der Waals surface area contributed by atoms with Crippen molar-refractivity contribution in [2.75, 3.05) is 16.8 Å². The van der Waals surface area contributed by atoms with Gasteiger partial charge < -0.3 is 15.5 Å². The standard InChI is InChI=1S/C20H20ClN3O3/c1-13(25)22-12-14-4-6-15(7-5-14)20(27)23-16-8-9-18(17(21)11-16)24-10-2-3-19(24)26/h4-9,11H,2-3,10,12H2,1H3,(H,22,25)(H,23,27). The molecule has 1 aliphatic heterocycles. The zero-order valence-electron chi connectivity index (χ0n) is 14.9. The Morgan fingerprint density at radius 2 is 1.89 bits per heavy atom. The van der Waals surface area contributed by atoms with Gasteiger partial charge in [-0.15, -0.1) is 0 Å². The molecule has 0 bridgehead atoms. The summed E-state index contributed by atoms with van der Waals surface area (Å²) < 4.78 is 0. The van der Waals surface area contributed by atoms with E-state index in [4.69, 9.17) is 11.6 Å². The molecule has 2 aromatic rings. The molecule has 1 fully saturated rings. The maximum absolute atomic E-state index is 12.4. The molecular formula is C20H20ClN3O3. The van der Waals surface area contributed by atoms with Gasteiger partial charge in [-0.2, -0.15) is 0 Å². The summed E-state index contributed by atoms with van der Waals surface area (Å²) in [5.74, 6) is -0.303. The molecular weight excluding hydrogens is 366 g/mol. The summed E-state index contributed by atoms with van der Waals surface area (Å²) in [4.78, 5) is 36.9. The molecule has 3 amide bonds. The van der Waals surface area contributed by atoms with E-state index in [1.165, 1.54) is 6.92 Å². The van der Waals surface area contributed by atoms with E-state index in [0.717, 1.165) is 12.0 Å². The average molecular weight is 386 g/mol. The molecule has 6 nitrogen and oxygen atoms in total. The molecule has 0 saturated carbocycles. The lowest BCUT2D eigenvalue weighted by Crippen LogP contribution is -2.24. The molecule has 1 saturated heterocycles. The van der Waals surface area contributed by atoms with E-state index >= 15 is 0 Å². The first-order valence-electron chi connectivity index (χ1n) is 8.68. The Bertz CT molecular complexity index is 881. The molecule has 3 rings (SSSR count). The number of amides is 3. The minimum absolute atomic E-state index is 0.0630. The Labute approximate surface area is 162 Å². The highest BCUT2D eigenvalue weighted by atomic mass is 35.5. The number of halogens is 1. The Kier molecular flexibility index (Phi) is 5.76. The van der Waals surface area contributed by atoms with Gasteiger partial charge in [-0.3, -0.25) is 14.4 Å². The van der Waals surface area contributed by atoms with Crippen LogP contribution in [0.4, 0.5) is 11.4 Å². The second-order valence-electron chi connectivity index (χ2n) is 6.38. The summed E-state index contributed by atoms with van der Waals surface area (Å²) in [5.41, 5.74) is 2.63. The first kappa shape index (κ1) is 18.9. The highest BCUT2D eigenvalue weighted by Gasteiger charge is 2.23. The van der Waals surface area contributed by atoms with E-state index in [-0.39, 0.29) is 17.7 Å². The topological polar surface area (TPSA) is 78.5 Å². The fourth-order valence-electron chi connectivity index (χ4n) is 2.91. The number of carbonyl (C=O) groups excluding carboxylic acids is 3. The maximum atomic E-state index is 12.4. The van der Waals surface area contributed by atoms with Gasteiger partial charge >= 0.3 is 0 Å². The average Bonchev–Trinajstić information content (AvgIpc) is 3.06. The zero-order chi connectivity index (χ0) is 19.4. The molecule has 0 unspecified atom stereocenters. The Balaban J connectivity index is 1.66. The third-order valence-corrected chi connectivity index (χ3v) is 4.63. The third-order valence-electron chi connectivity index (χ3n) is 4.33. The molecule has 0 atom stereocenters. The van der Waals surface area contributed by atoms with Crippen molar-refractivity contribution in [3.05, 3.63) is 58.6 Å². The van der Waals surface area contributed by atoms with Gasteiger partial charge in [0.1, 0.15) is 0 Å². The van der Waals surface area contributed by atoms with Crippen molar-refractivity contribution in [2.24, 2.45) is 0 Å². The first-order chi connectivity index (χ1) is 12.9. The van der Waals surface area contributed by atoms with Crippen LogP contribution < -0.4 is 15.5 Å². The van der Waals surface area contributed by atoms with Crippen LogP contribution in [-0.4, -0.2) is 24.3 Å². The van der Waals surface area contributed by atoms with Crippen molar-refractivity contribution >= 4 is 40.7 Å². The normalized spacial score (nSPS) is 13.6. The summed E-state index contributed by atoms with van der Waals surface area (Å²) in [6.45, 7) is 2.54. The molecule has 1 heterocycles. The Morgan fingerprint density at radius 1 is 1.15 bits per heavy atom. The van der Waals surface area contributed by atoms with Crippen molar-refractivity contribution in [1.29, 1.82) is 0 Å². The van der Waals surface area contributed by atoms with E-state index in [2.05, 4.69) is 10.6 Å². The lowest BCUT2D eigenvalue weighted by Gasteiger charge is -2.18. The van der Waals surface area contributed by atoms with Crippen LogP contribution >= 0.6 is 11.6 Å². The molecule has 2 aromatic carbocycles. The zero-order valence-corrected chi connectivity index (χ0v) is 15.7. The van der Waals surface area contributed by atoms with Gasteiger partial charge in [0.2, 0.25) is 11.8 Å². The predicted octanol–water partition coefficient (Wildman–Crippen LogP) is 3.36. The highest BCUT2D eigenvalue weighted by molar-refractivity contribution is 6.34. The molecule has 0 spiro atoms. The van der Waals surface area contributed by atoms with E-state index in [1.54, 1.807) is 47.4 Å². The molecule has 0 aliphatic carbocycles. The molecule has 1 aliphatic rings. The number of nitrogens with one attached hydrogen (secondary N) is 2. The van der Waals surface area contributed by atoms with Crippen LogP contribution in [0.5, 0.6) is 0 Å². The van der Waals surface area contributed by atoms with Gasteiger partial charge in [0.15, 0.2) is 0 Å². The third kappa shape index (κ3) is 4.65. The first-order valence-corrected chi connectivity index (χ1v) is 9.06.